The lowest BCUT2D eigenvalue weighted by molar-refractivity contribution is -0.120. The Labute approximate surface area is 179 Å². The number of imide groups is 1. The molecule has 0 saturated heterocycles. The van der Waals surface area contributed by atoms with Crippen molar-refractivity contribution in [2.75, 3.05) is 17.3 Å². The first kappa shape index (κ1) is 19.7. The molecule has 3 aromatic rings. The van der Waals surface area contributed by atoms with Crippen LogP contribution in [0.2, 0.25) is 5.02 Å². The third-order valence-electron chi connectivity index (χ3n) is 4.99. The third-order valence-corrected chi connectivity index (χ3v) is 5.39. The molecule has 0 aromatic heterocycles. The van der Waals surface area contributed by atoms with E-state index in [9.17, 15) is 9.59 Å². The van der Waals surface area contributed by atoms with Crippen molar-refractivity contribution in [3.05, 3.63) is 94.6 Å². The molecule has 0 unspecified atom stereocenters. The summed E-state index contributed by atoms with van der Waals surface area (Å²) >= 11 is 6.24. The molecule has 0 bridgehead atoms. The van der Waals surface area contributed by atoms with Gasteiger partial charge in [-0.1, -0.05) is 54.1 Å². The monoisotopic (exact) mass is 418 g/mol. The fourth-order valence-electron chi connectivity index (χ4n) is 3.38. The van der Waals surface area contributed by atoms with Crippen LogP contribution in [0.25, 0.3) is 5.57 Å². The van der Waals surface area contributed by atoms with Gasteiger partial charge in [-0.3, -0.25) is 9.59 Å². The van der Waals surface area contributed by atoms with Gasteiger partial charge in [-0.05, 0) is 42.3 Å². The minimum Gasteiger partial charge on any atom is -0.497 e. The first-order valence-corrected chi connectivity index (χ1v) is 9.73. The summed E-state index contributed by atoms with van der Waals surface area (Å²) in [5.41, 5.74) is 3.07. The van der Waals surface area contributed by atoms with E-state index in [1.165, 1.54) is 7.11 Å². The lowest BCUT2D eigenvalue weighted by atomic mass is 10.0. The molecule has 0 aliphatic carbocycles. The molecule has 1 N–H and O–H groups in total. The van der Waals surface area contributed by atoms with E-state index in [1.807, 2.05) is 43.3 Å². The van der Waals surface area contributed by atoms with E-state index >= 15 is 0 Å². The fourth-order valence-corrected chi connectivity index (χ4v) is 3.55. The molecule has 3 aromatic carbocycles. The molecule has 0 saturated carbocycles. The highest BCUT2D eigenvalue weighted by Crippen LogP contribution is 2.35. The van der Waals surface area contributed by atoms with E-state index < -0.39 is 11.8 Å². The van der Waals surface area contributed by atoms with Crippen molar-refractivity contribution >= 4 is 40.4 Å². The Morgan fingerprint density at radius 2 is 1.63 bits per heavy atom. The Balaban J connectivity index is 1.84. The number of carbonyl (C=O) groups excluding carboxylic acids is 2. The van der Waals surface area contributed by atoms with Crippen molar-refractivity contribution in [1.29, 1.82) is 0 Å². The van der Waals surface area contributed by atoms with Gasteiger partial charge in [0.25, 0.3) is 11.8 Å². The quantitative estimate of drug-likeness (QED) is 0.589. The Kier molecular flexibility index (Phi) is 5.29. The molecule has 30 heavy (non-hydrogen) atoms. The van der Waals surface area contributed by atoms with Crippen molar-refractivity contribution in [2.45, 2.75) is 6.92 Å². The zero-order valence-corrected chi connectivity index (χ0v) is 17.2. The van der Waals surface area contributed by atoms with Gasteiger partial charge in [-0.25, -0.2) is 4.90 Å². The van der Waals surface area contributed by atoms with E-state index in [-0.39, 0.29) is 5.70 Å². The zero-order valence-electron chi connectivity index (χ0n) is 16.5. The summed E-state index contributed by atoms with van der Waals surface area (Å²) in [6, 6.07) is 21.4. The first-order chi connectivity index (χ1) is 14.5. The predicted molar refractivity (Wildman–Crippen MR) is 119 cm³/mol. The van der Waals surface area contributed by atoms with Gasteiger partial charge in [0.15, 0.2) is 0 Å². The van der Waals surface area contributed by atoms with E-state index in [0.29, 0.717) is 33.3 Å². The summed E-state index contributed by atoms with van der Waals surface area (Å²) in [5, 5.41) is 3.73. The average molecular weight is 419 g/mol. The molecular formula is C24H19ClN2O3. The number of methoxy groups -OCH3 is 1. The van der Waals surface area contributed by atoms with E-state index in [1.54, 1.807) is 36.4 Å². The van der Waals surface area contributed by atoms with Crippen LogP contribution < -0.4 is 15.0 Å². The molecular weight excluding hydrogens is 400 g/mol. The Bertz CT molecular complexity index is 1170. The molecule has 4 rings (SSSR count). The summed E-state index contributed by atoms with van der Waals surface area (Å²) in [4.78, 5) is 28.0. The Morgan fingerprint density at radius 1 is 0.900 bits per heavy atom. The molecule has 6 heteroatoms. The second-order valence-corrected chi connectivity index (χ2v) is 7.21. The van der Waals surface area contributed by atoms with E-state index in [2.05, 4.69) is 5.32 Å². The maximum absolute atomic E-state index is 13.4. The van der Waals surface area contributed by atoms with Gasteiger partial charge in [-0.2, -0.15) is 0 Å². The first-order valence-electron chi connectivity index (χ1n) is 9.36. The standard InChI is InChI=1S/C24H19ClN2O3/c1-15-19(25)12-7-13-20(15)26-22-21(16-8-4-3-5-9-16)23(28)27(24(22)29)17-10-6-11-18(14-17)30-2/h3-14,26H,1-2H3. The summed E-state index contributed by atoms with van der Waals surface area (Å²) < 4.78 is 5.25. The number of benzene rings is 3. The van der Waals surface area contributed by atoms with Crippen LogP contribution in [0.5, 0.6) is 5.75 Å². The van der Waals surface area contributed by atoms with Crippen LogP contribution in [-0.2, 0) is 9.59 Å². The predicted octanol–water partition coefficient (Wildman–Crippen LogP) is 5.05. The van der Waals surface area contributed by atoms with Gasteiger partial charge < -0.3 is 10.1 Å². The van der Waals surface area contributed by atoms with Gasteiger partial charge in [0.1, 0.15) is 11.4 Å². The number of carbonyl (C=O) groups is 2. The molecule has 0 radical (unpaired) electrons. The van der Waals surface area contributed by atoms with Gasteiger partial charge in [0, 0.05) is 16.8 Å². The molecule has 150 valence electrons. The molecule has 1 aliphatic rings. The molecule has 5 nitrogen and oxygen atoms in total. The minimum absolute atomic E-state index is 0.208. The van der Waals surface area contributed by atoms with Crippen molar-refractivity contribution in [3.8, 4) is 5.75 Å². The van der Waals surface area contributed by atoms with Gasteiger partial charge in [0.2, 0.25) is 0 Å². The summed E-state index contributed by atoms with van der Waals surface area (Å²) in [7, 11) is 1.54. The van der Waals surface area contributed by atoms with Crippen molar-refractivity contribution in [2.24, 2.45) is 0 Å². The van der Waals surface area contributed by atoms with Crippen molar-refractivity contribution in [3.63, 3.8) is 0 Å². The molecule has 0 fully saturated rings. The normalized spacial score (nSPS) is 13.8. The number of nitrogens with zero attached hydrogens (tertiary/aromatic N) is 1. The molecule has 1 heterocycles. The van der Waals surface area contributed by atoms with Crippen LogP contribution in [0.1, 0.15) is 11.1 Å². The molecule has 2 amide bonds. The molecule has 1 aliphatic heterocycles. The van der Waals surface area contributed by atoms with Gasteiger partial charge in [0.05, 0.1) is 18.4 Å². The van der Waals surface area contributed by atoms with Crippen LogP contribution in [0.4, 0.5) is 11.4 Å². The SMILES string of the molecule is COc1cccc(N2C(=O)C(Nc3cccc(Cl)c3C)=C(c3ccccc3)C2=O)c1. The highest BCUT2D eigenvalue weighted by molar-refractivity contribution is 6.46. The van der Waals surface area contributed by atoms with Crippen LogP contribution >= 0.6 is 11.6 Å². The Morgan fingerprint density at radius 3 is 2.37 bits per heavy atom. The molecule has 0 atom stereocenters. The van der Waals surface area contributed by atoms with Crippen molar-refractivity contribution < 1.29 is 14.3 Å². The molecule has 0 spiro atoms. The van der Waals surface area contributed by atoms with Crippen LogP contribution in [0, 0.1) is 6.92 Å². The highest BCUT2D eigenvalue weighted by atomic mass is 35.5. The smallest absolute Gasteiger partial charge is 0.282 e. The fraction of sp³-hybridized carbons (Fsp3) is 0.0833. The second kappa shape index (κ2) is 8.05. The van der Waals surface area contributed by atoms with Crippen LogP contribution in [-0.4, -0.2) is 18.9 Å². The average Bonchev–Trinajstić information content (AvgIpc) is 3.01. The zero-order chi connectivity index (χ0) is 21.3. The number of hydrogen-bond donors (Lipinski definition) is 1. The number of amides is 2. The number of halogens is 1. The van der Waals surface area contributed by atoms with Gasteiger partial charge >= 0.3 is 0 Å². The highest BCUT2D eigenvalue weighted by Gasteiger charge is 2.40. The Hall–Kier alpha value is -3.57. The van der Waals surface area contributed by atoms with E-state index in [0.717, 1.165) is 10.5 Å². The van der Waals surface area contributed by atoms with Gasteiger partial charge in [-0.15, -0.1) is 0 Å². The summed E-state index contributed by atoms with van der Waals surface area (Å²) in [6.45, 7) is 1.86. The van der Waals surface area contributed by atoms with Crippen LogP contribution in [0.3, 0.4) is 0 Å². The van der Waals surface area contributed by atoms with Crippen molar-refractivity contribution in [1.82, 2.24) is 0 Å². The lowest BCUT2D eigenvalue weighted by Gasteiger charge is -2.16. The minimum atomic E-state index is -0.438. The largest absolute Gasteiger partial charge is 0.497 e. The lowest BCUT2D eigenvalue weighted by Crippen LogP contribution is -2.32. The third kappa shape index (κ3) is 3.44. The summed E-state index contributed by atoms with van der Waals surface area (Å²) in [5.74, 6) is -0.283. The number of hydrogen-bond acceptors (Lipinski definition) is 4. The van der Waals surface area contributed by atoms with E-state index in [4.69, 9.17) is 16.3 Å². The number of ether oxygens (including phenoxy) is 1. The number of nitrogens with one attached hydrogen (secondary N) is 1. The second-order valence-electron chi connectivity index (χ2n) is 6.80. The maximum Gasteiger partial charge on any atom is 0.282 e. The maximum atomic E-state index is 13.4. The number of anilines is 2. The topological polar surface area (TPSA) is 58.6 Å². The van der Waals surface area contributed by atoms with Crippen LogP contribution in [0.15, 0.2) is 78.5 Å². The number of rotatable bonds is 5. The summed E-state index contributed by atoms with van der Waals surface area (Å²) in [6.07, 6.45) is 0.